The van der Waals surface area contributed by atoms with Gasteiger partial charge in [-0.1, -0.05) is 37.9 Å². The van der Waals surface area contributed by atoms with E-state index in [0.29, 0.717) is 6.04 Å². The van der Waals surface area contributed by atoms with E-state index in [4.69, 9.17) is 11.6 Å². The largest absolute Gasteiger partial charge is 0.310 e. The van der Waals surface area contributed by atoms with Crippen LogP contribution in [-0.4, -0.2) is 12.3 Å². The predicted molar refractivity (Wildman–Crippen MR) is 83.8 cm³/mol. The Bertz CT molecular complexity index is 354. The van der Waals surface area contributed by atoms with Crippen LogP contribution in [0.15, 0.2) is 23.1 Å². The molecule has 0 saturated heterocycles. The number of thioether (sulfide) groups is 1. The molecule has 0 amide bonds. The van der Waals surface area contributed by atoms with E-state index in [0.717, 1.165) is 18.0 Å². The zero-order chi connectivity index (χ0) is 13.4. The number of rotatable bonds is 8. The van der Waals surface area contributed by atoms with Crippen molar-refractivity contribution < 1.29 is 0 Å². The number of benzene rings is 1. The van der Waals surface area contributed by atoms with Crippen LogP contribution in [0.2, 0.25) is 5.02 Å². The van der Waals surface area contributed by atoms with Crippen LogP contribution in [0.3, 0.4) is 0 Å². The zero-order valence-corrected chi connectivity index (χ0v) is 13.2. The van der Waals surface area contributed by atoms with Gasteiger partial charge < -0.3 is 5.32 Å². The molecule has 0 fully saturated rings. The standard InChI is InChI=1S/C15H24ClNS/c1-4-6-10-18-13-7-8-14(15(16)11-13)12(3)17-9-5-2/h7-8,11-12,17H,4-6,9-10H2,1-3H3. The zero-order valence-electron chi connectivity index (χ0n) is 11.6. The van der Waals surface area contributed by atoms with Gasteiger partial charge in [0, 0.05) is 16.0 Å². The van der Waals surface area contributed by atoms with Crippen molar-refractivity contribution in [2.24, 2.45) is 0 Å². The Hall–Kier alpha value is -0.180. The lowest BCUT2D eigenvalue weighted by molar-refractivity contribution is 0.570. The summed E-state index contributed by atoms with van der Waals surface area (Å²) in [6.07, 6.45) is 3.65. The first kappa shape index (κ1) is 15.9. The van der Waals surface area contributed by atoms with E-state index in [1.54, 1.807) is 0 Å². The van der Waals surface area contributed by atoms with Crippen LogP contribution in [0.4, 0.5) is 0 Å². The molecule has 102 valence electrons. The van der Waals surface area contributed by atoms with Gasteiger partial charge in [0.2, 0.25) is 0 Å². The van der Waals surface area contributed by atoms with E-state index < -0.39 is 0 Å². The summed E-state index contributed by atoms with van der Waals surface area (Å²) in [7, 11) is 0. The van der Waals surface area contributed by atoms with Crippen LogP contribution in [0.1, 0.15) is 51.6 Å². The third-order valence-corrected chi connectivity index (χ3v) is 4.31. The summed E-state index contributed by atoms with van der Waals surface area (Å²) in [6.45, 7) is 7.60. The minimum atomic E-state index is 0.326. The minimum Gasteiger partial charge on any atom is -0.310 e. The van der Waals surface area contributed by atoms with Crippen molar-refractivity contribution in [3.05, 3.63) is 28.8 Å². The first-order valence-corrected chi connectivity index (χ1v) is 8.21. The number of unbranched alkanes of at least 4 members (excludes halogenated alkanes) is 1. The molecule has 0 bridgehead atoms. The molecule has 18 heavy (non-hydrogen) atoms. The Labute approximate surface area is 121 Å². The van der Waals surface area contributed by atoms with Crippen molar-refractivity contribution in [3.8, 4) is 0 Å². The lowest BCUT2D eigenvalue weighted by Gasteiger charge is -2.16. The molecule has 0 radical (unpaired) electrons. The lowest BCUT2D eigenvalue weighted by atomic mass is 10.1. The average Bonchev–Trinajstić information content (AvgIpc) is 2.36. The van der Waals surface area contributed by atoms with Gasteiger partial charge in [-0.15, -0.1) is 11.8 Å². The van der Waals surface area contributed by atoms with Crippen molar-refractivity contribution in [2.75, 3.05) is 12.3 Å². The molecule has 0 aliphatic rings. The van der Waals surface area contributed by atoms with E-state index in [2.05, 4.69) is 44.3 Å². The summed E-state index contributed by atoms with van der Waals surface area (Å²) in [4.78, 5) is 1.28. The van der Waals surface area contributed by atoms with Crippen molar-refractivity contribution >= 4 is 23.4 Å². The smallest absolute Gasteiger partial charge is 0.0464 e. The highest BCUT2D eigenvalue weighted by Gasteiger charge is 2.09. The van der Waals surface area contributed by atoms with Gasteiger partial charge in [-0.2, -0.15) is 0 Å². The average molecular weight is 286 g/mol. The third kappa shape index (κ3) is 5.21. The number of halogens is 1. The van der Waals surface area contributed by atoms with Crippen LogP contribution in [0.5, 0.6) is 0 Å². The molecular formula is C15H24ClNS. The van der Waals surface area contributed by atoms with Crippen LogP contribution in [0, 0.1) is 0 Å². The molecule has 1 nitrogen and oxygen atoms in total. The van der Waals surface area contributed by atoms with E-state index in [9.17, 15) is 0 Å². The molecule has 1 aromatic carbocycles. The van der Waals surface area contributed by atoms with Crippen molar-refractivity contribution in [1.29, 1.82) is 0 Å². The maximum atomic E-state index is 6.36. The molecule has 0 aliphatic carbocycles. The van der Waals surface area contributed by atoms with Gasteiger partial charge in [0.05, 0.1) is 0 Å². The summed E-state index contributed by atoms with van der Waals surface area (Å²) in [5.41, 5.74) is 1.20. The van der Waals surface area contributed by atoms with E-state index >= 15 is 0 Å². The fourth-order valence-electron chi connectivity index (χ4n) is 1.75. The molecule has 0 heterocycles. The highest BCUT2D eigenvalue weighted by atomic mass is 35.5. The minimum absolute atomic E-state index is 0.326. The van der Waals surface area contributed by atoms with Gasteiger partial charge in [-0.25, -0.2) is 0 Å². The second-order valence-electron chi connectivity index (χ2n) is 4.56. The maximum Gasteiger partial charge on any atom is 0.0464 e. The molecule has 0 aromatic heterocycles. The van der Waals surface area contributed by atoms with Crippen molar-refractivity contribution in [3.63, 3.8) is 0 Å². The molecule has 3 heteroatoms. The van der Waals surface area contributed by atoms with Gasteiger partial charge >= 0.3 is 0 Å². The van der Waals surface area contributed by atoms with Gasteiger partial charge in [0.15, 0.2) is 0 Å². The Morgan fingerprint density at radius 3 is 2.67 bits per heavy atom. The summed E-state index contributed by atoms with van der Waals surface area (Å²) < 4.78 is 0. The number of hydrogen-bond donors (Lipinski definition) is 1. The van der Waals surface area contributed by atoms with Crippen LogP contribution in [-0.2, 0) is 0 Å². The van der Waals surface area contributed by atoms with Crippen LogP contribution in [0.25, 0.3) is 0 Å². The Morgan fingerprint density at radius 1 is 1.28 bits per heavy atom. The molecule has 0 saturated carbocycles. The summed E-state index contributed by atoms with van der Waals surface area (Å²) in [5.74, 6) is 1.18. The Kier molecular flexibility index (Phi) is 7.80. The Morgan fingerprint density at radius 2 is 2.06 bits per heavy atom. The molecule has 1 rings (SSSR count). The molecule has 1 unspecified atom stereocenters. The highest BCUT2D eigenvalue weighted by Crippen LogP contribution is 2.29. The normalized spacial score (nSPS) is 12.7. The van der Waals surface area contributed by atoms with Gasteiger partial charge in [-0.05, 0) is 49.8 Å². The quantitative estimate of drug-likeness (QED) is 0.514. The maximum absolute atomic E-state index is 6.36. The SMILES string of the molecule is CCCCSc1ccc(C(C)NCCC)c(Cl)c1. The van der Waals surface area contributed by atoms with Gasteiger partial charge in [0.25, 0.3) is 0 Å². The molecule has 1 N–H and O–H groups in total. The van der Waals surface area contributed by atoms with Gasteiger partial charge in [0.1, 0.15) is 0 Å². The van der Waals surface area contributed by atoms with Crippen LogP contribution >= 0.6 is 23.4 Å². The first-order valence-electron chi connectivity index (χ1n) is 6.84. The van der Waals surface area contributed by atoms with Crippen molar-refractivity contribution in [1.82, 2.24) is 5.32 Å². The summed E-state index contributed by atoms with van der Waals surface area (Å²) in [5, 5.41) is 4.35. The van der Waals surface area contributed by atoms with Gasteiger partial charge in [-0.3, -0.25) is 0 Å². The first-order chi connectivity index (χ1) is 8.69. The van der Waals surface area contributed by atoms with E-state index in [1.807, 2.05) is 11.8 Å². The second kappa shape index (κ2) is 8.84. The predicted octanol–water partition coefficient (Wildman–Crippen LogP) is 5.29. The second-order valence-corrected chi connectivity index (χ2v) is 6.14. The summed E-state index contributed by atoms with van der Waals surface area (Å²) in [6, 6.07) is 6.77. The molecule has 0 aliphatic heterocycles. The number of nitrogens with one attached hydrogen (secondary N) is 1. The van der Waals surface area contributed by atoms with Crippen LogP contribution < -0.4 is 5.32 Å². The lowest BCUT2D eigenvalue weighted by Crippen LogP contribution is -2.19. The molecule has 1 aromatic rings. The number of hydrogen-bond acceptors (Lipinski definition) is 2. The highest BCUT2D eigenvalue weighted by molar-refractivity contribution is 7.99. The Balaban J connectivity index is 2.61. The fraction of sp³-hybridized carbons (Fsp3) is 0.600. The molecular weight excluding hydrogens is 262 g/mol. The molecule has 1 atom stereocenters. The third-order valence-electron chi connectivity index (χ3n) is 2.91. The van der Waals surface area contributed by atoms with E-state index in [-0.39, 0.29) is 0 Å². The van der Waals surface area contributed by atoms with Crippen molar-refractivity contribution in [2.45, 2.75) is 51.0 Å². The topological polar surface area (TPSA) is 12.0 Å². The molecule has 0 spiro atoms. The van der Waals surface area contributed by atoms with E-state index in [1.165, 1.54) is 29.1 Å². The fourth-order valence-corrected chi connectivity index (χ4v) is 3.20. The summed E-state index contributed by atoms with van der Waals surface area (Å²) >= 11 is 8.26. The monoisotopic (exact) mass is 285 g/mol.